The number of hydrogen-bond donors (Lipinski definition) is 13. The molecule has 55 heavy (non-hydrogen) atoms. The molecule has 7 amide bonds. The molecule has 7 atom stereocenters. The minimum Gasteiger partial charge on any atom is -0.481 e. The predicted octanol–water partition coefficient (Wildman–Crippen LogP) is -5.81. The Morgan fingerprint density at radius 1 is 0.818 bits per heavy atom. The van der Waals surface area contributed by atoms with Gasteiger partial charge in [0.15, 0.2) is 5.96 Å². The quantitative estimate of drug-likeness (QED) is 0.0187. The molecule has 24 heteroatoms. The molecule has 0 saturated carbocycles. The maximum Gasteiger partial charge on any atom is 0.326 e. The van der Waals surface area contributed by atoms with E-state index in [0.717, 1.165) is 4.90 Å². The molecule has 0 spiro atoms. The zero-order valence-corrected chi connectivity index (χ0v) is 31.5. The average Bonchev–Trinajstić information content (AvgIpc) is 3.60. The lowest BCUT2D eigenvalue weighted by Gasteiger charge is -2.30. The van der Waals surface area contributed by atoms with Crippen molar-refractivity contribution in [2.24, 2.45) is 33.8 Å². The lowest BCUT2D eigenvalue weighted by molar-refractivity contribution is -0.144. The van der Waals surface area contributed by atoms with Crippen LogP contribution in [0.25, 0.3) is 0 Å². The van der Waals surface area contributed by atoms with Crippen molar-refractivity contribution in [2.45, 2.75) is 101 Å². The Hall–Kier alpha value is -5.23. The number of carbonyl (C=O) groups is 9. The number of primary amides is 1. The number of thiol groups is 1. The number of aliphatic hydroxyl groups excluding tert-OH is 1. The summed E-state index contributed by atoms with van der Waals surface area (Å²) in [5, 5.41) is 40.0. The van der Waals surface area contributed by atoms with Gasteiger partial charge in [0.2, 0.25) is 41.4 Å². The monoisotopic (exact) mass is 803 g/mol. The molecule has 1 heterocycles. The fourth-order valence-electron chi connectivity index (χ4n) is 5.36. The molecular weight excluding hydrogens is 750 g/mol. The summed E-state index contributed by atoms with van der Waals surface area (Å²) in [5.74, 6) is -10.1. The first-order chi connectivity index (χ1) is 25.7. The van der Waals surface area contributed by atoms with E-state index in [0.29, 0.717) is 6.42 Å². The van der Waals surface area contributed by atoms with Gasteiger partial charge in [0, 0.05) is 25.3 Å². The topological polar surface area (TPSA) is 394 Å². The third-order valence-corrected chi connectivity index (χ3v) is 8.67. The Kier molecular flexibility index (Phi) is 20.4. The molecule has 1 rings (SSSR count). The van der Waals surface area contributed by atoms with Crippen LogP contribution < -0.4 is 49.5 Å². The van der Waals surface area contributed by atoms with E-state index in [2.05, 4.69) is 44.2 Å². The third kappa shape index (κ3) is 16.4. The number of carboxylic acid groups (broad SMARTS) is 2. The molecule has 0 bridgehead atoms. The summed E-state index contributed by atoms with van der Waals surface area (Å²) < 4.78 is 0. The van der Waals surface area contributed by atoms with Gasteiger partial charge in [-0.05, 0) is 38.0 Å². The highest BCUT2D eigenvalue weighted by Crippen LogP contribution is 2.20. The smallest absolute Gasteiger partial charge is 0.326 e. The molecule has 16 N–H and O–H groups in total. The van der Waals surface area contributed by atoms with Crippen LogP contribution in [0.4, 0.5) is 0 Å². The highest BCUT2D eigenvalue weighted by molar-refractivity contribution is 7.80. The van der Waals surface area contributed by atoms with Gasteiger partial charge in [-0.15, -0.1) is 0 Å². The normalized spacial score (nSPS) is 17.0. The minimum atomic E-state index is -1.66. The Morgan fingerprint density at radius 3 is 1.91 bits per heavy atom. The maximum absolute atomic E-state index is 13.5. The van der Waals surface area contributed by atoms with Crippen LogP contribution in [-0.4, -0.2) is 147 Å². The number of likely N-dealkylation sites (tertiary alicyclic amines) is 1. The summed E-state index contributed by atoms with van der Waals surface area (Å²) in [5.41, 5.74) is 21.5. The number of aliphatic carboxylic acids is 2. The molecule has 0 aromatic heterocycles. The fraction of sp³-hybridized carbons (Fsp3) is 0.677. The van der Waals surface area contributed by atoms with Crippen molar-refractivity contribution in [3.05, 3.63) is 0 Å². The lowest BCUT2D eigenvalue weighted by Crippen LogP contribution is -2.61. The van der Waals surface area contributed by atoms with Crippen molar-refractivity contribution in [1.29, 1.82) is 0 Å². The van der Waals surface area contributed by atoms with E-state index in [9.17, 15) is 53.4 Å². The van der Waals surface area contributed by atoms with Crippen LogP contribution in [0.5, 0.6) is 0 Å². The largest absolute Gasteiger partial charge is 0.481 e. The van der Waals surface area contributed by atoms with Crippen molar-refractivity contribution in [3.63, 3.8) is 0 Å². The van der Waals surface area contributed by atoms with Crippen molar-refractivity contribution in [2.75, 3.05) is 25.4 Å². The zero-order chi connectivity index (χ0) is 42.0. The van der Waals surface area contributed by atoms with Crippen LogP contribution in [0, 0.1) is 5.92 Å². The van der Waals surface area contributed by atoms with Crippen LogP contribution in [0.1, 0.15) is 58.8 Å². The zero-order valence-electron chi connectivity index (χ0n) is 30.6. The Labute approximate surface area is 321 Å². The van der Waals surface area contributed by atoms with Crippen LogP contribution in [0.15, 0.2) is 4.99 Å². The van der Waals surface area contributed by atoms with Gasteiger partial charge in [-0.2, -0.15) is 12.6 Å². The lowest BCUT2D eigenvalue weighted by atomic mass is 10.0. The summed E-state index contributed by atoms with van der Waals surface area (Å²) in [6.45, 7) is 2.42. The first-order valence-electron chi connectivity index (χ1n) is 17.3. The number of hydrogen-bond acceptors (Lipinski definition) is 13. The second kappa shape index (κ2) is 23.5. The van der Waals surface area contributed by atoms with Crippen LogP contribution in [0.2, 0.25) is 0 Å². The highest BCUT2D eigenvalue weighted by Gasteiger charge is 2.39. The van der Waals surface area contributed by atoms with E-state index in [1.807, 2.05) is 0 Å². The standard InChI is InChI=1S/C31H53N11O12S/c1-14(2)23(41-27(50)20-6-4-10-42(20)29(52)15(32)11-22(45)46)28(51)37-16(7-8-21(33)44)24(47)40-19(13-55)26(49)39-18(12-43)25(48)38-17(30(53)54)5-3-9-36-31(34)35/h14-20,23,43,55H,3-13,32H2,1-2H3,(H2,33,44)(H,37,51)(H,38,48)(H,39,49)(H,40,47)(H,41,50)(H,45,46)(H,53,54)(H4,34,35,36)/t15-,16-,17-,18-,19-,20-,23-/m0/s1. The number of carboxylic acids is 2. The molecule has 1 aliphatic rings. The first kappa shape index (κ1) is 47.8. The molecule has 1 aliphatic heterocycles. The van der Waals surface area contributed by atoms with E-state index in [1.54, 1.807) is 13.8 Å². The van der Waals surface area contributed by atoms with E-state index >= 15 is 0 Å². The molecule has 0 radical (unpaired) electrons. The number of carbonyl (C=O) groups excluding carboxylic acids is 7. The SMILES string of the molecule is CC(C)[C@H](NC(=O)[C@@H]1CCCN1C(=O)[C@@H](N)CC(=O)O)C(=O)N[C@@H](CCC(N)=O)C(=O)N[C@@H](CS)C(=O)N[C@@H](CO)C(=O)N[C@@H](CCCN=C(N)N)C(=O)O. The first-order valence-corrected chi connectivity index (χ1v) is 17.9. The van der Waals surface area contributed by atoms with E-state index in [1.165, 1.54) is 0 Å². The second-order valence-corrected chi connectivity index (χ2v) is 13.4. The number of nitrogens with zero attached hydrogens (tertiary/aromatic N) is 2. The van der Waals surface area contributed by atoms with E-state index < -0.39 is 121 Å². The van der Waals surface area contributed by atoms with Crippen LogP contribution in [0.3, 0.4) is 0 Å². The van der Waals surface area contributed by atoms with E-state index in [4.69, 9.17) is 28.0 Å². The van der Waals surface area contributed by atoms with Crippen molar-refractivity contribution in [1.82, 2.24) is 31.5 Å². The molecule has 0 unspecified atom stereocenters. The van der Waals surface area contributed by atoms with Gasteiger partial charge in [-0.1, -0.05) is 13.8 Å². The Balaban J connectivity index is 3.07. The van der Waals surface area contributed by atoms with Gasteiger partial charge in [0.05, 0.1) is 19.1 Å². The molecule has 310 valence electrons. The average molecular weight is 804 g/mol. The van der Waals surface area contributed by atoms with E-state index in [-0.39, 0.29) is 50.5 Å². The number of guanidine groups is 1. The van der Waals surface area contributed by atoms with Gasteiger partial charge < -0.3 is 69.7 Å². The summed E-state index contributed by atoms with van der Waals surface area (Å²) in [6.07, 6.45) is -0.705. The fourth-order valence-corrected chi connectivity index (χ4v) is 5.62. The van der Waals surface area contributed by atoms with Gasteiger partial charge in [0.25, 0.3) is 0 Å². The van der Waals surface area contributed by atoms with Gasteiger partial charge >= 0.3 is 11.9 Å². The molecule has 1 fully saturated rings. The highest BCUT2D eigenvalue weighted by atomic mass is 32.1. The second-order valence-electron chi connectivity index (χ2n) is 13.0. The van der Waals surface area contributed by atoms with Crippen LogP contribution >= 0.6 is 12.6 Å². The number of amides is 7. The summed E-state index contributed by atoms with van der Waals surface area (Å²) >= 11 is 4.07. The van der Waals surface area contributed by atoms with Gasteiger partial charge in [-0.3, -0.25) is 43.3 Å². The third-order valence-electron chi connectivity index (χ3n) is 8.30. The summed E-state index contributed by atoms with van der Waals surface area (Å²) in [6, 6.07) is -9.80. The number of rotatable bonds is 24. The van der Waals surface area contributed by atoms with Crippen LogP contribution in [-0.2, 0) is 43.2 Å². The molecule has 0 aromatic rings. The number of aliphatic imine (C=N–C) groups is 1. The number of nitrogens with two attached hydrogens (primary N) is 4. The molecular formula is C31H53N11O12S. The minimum absolute atomic E-state index is 0.0770. The molecule has 0 aliphatic carbocycles. The number of aliphatic hydroxyl groups is 1. The summed E-state index contributed by atoms with van der Waals surface area (Å²) in [4.78, 5) is 118. The molecule has 1 saturated heterocycles. The van der Waals surface area contributed by atoms with Gasteiger partial charge in [0.1, 0.15) is 36.3 Å². The van der Waals surface area contributed by atoms with Crippen molar-refractivity contribution in [3.8, 4) is 0 Å². The predicted molar refractivity (Wildman–Crippen MR) is 196 cm³/mol. The Morgan fingerprint density at radius 2 is 1.38 bits per heavy atom. The van der Waals surface area contributed by atoms with Crippen molar-refractivity contribution >= 4 is 71.9 Å². The summed E-state index contributed by atoms with van der Waals surface area (Å²) in [7, 11) is 0. The van der Waals surface area contributed by atoms with Gasteiger partial charge in [-0.25, -0.2) is 4.79 Å². The number of nitrogens with one attached hydrogen (secondary N) is 5. The molecule has 23 nitrogen and oxygen atoms in total. The molecule has 0 aromatic carbocycles. The Bertz CT molecular complexity index is 1450. The van der Waals surface area contributed by atoms with Crippen molar-refractivity contribution < 1.29 is 58.5 Å². The maximum atomic E-state index is 13.5.